The van der Waals surface area contributed by atoms with Crippen LogP contribution < -0.4 is 15.0 Å². The van der Waals surface area contributed by atoms with Gasteiger partial charge in [-0.3, -0.25) is 15.2 Å². The molecular formula is C24H28N4O4S. The van der Waals surface area contributed by atoms with Crippen molar-refractivity contribution in [3.63, 3.8) is 0 Å². The summed E-state index contributed by atoms with van der Waals surface area (Å²) in [5, 5.41) is 2.99. The molecule has 0 radical (unpaired) electrons. The lowest BCUT2D eigenvalue weighted by molar-refractivity contribution is 0.251. The summed E-state index contributed by atoms with van der Waals surface area (Å²) in [6.45, 7) is 0.447. The number of aliphatic imine (C=N–C) groups is 1. The number of methoxy groups -OCH3 is 1. The number of amides is 2. The lowest BCUT2D eigenvalue weighted by Gasteiger charge is -2.34. The van der Waals surface area contributed by atoms with E-state index in [0.717, 1.165) is 25.7 Å². The predicted octanol–water partition coefficient (Wildman–Crippen LogP) is 3.61. The highest BCUT2D eigenvalue weighted by Crippen LogP contribution is 2.41. The zero-order valence-corrected chi connectivity index (χ0v) is 19.4. The minimum atomic E-state index is -3.70. The van der Waals surface area contributed by atoms with Gasteiger partial charge in [-0.1, -0.05) is 41.3 Å². The summed E-state index contributed by atoms with van der Waals surface area (Å²) in [6, 6.07) is 15.6. The predicted molar refractivity (Wildman–Crippen MR) is 126 cm³/mol. The van der Waals surface area contributed by atoms with Gasteiger partial charge in [-0.2, -0.15) is 0 Å². The average Bonchev–Trinajstić information content (AvgIpc) is 3.56. The van der Waals surface area contributed by atoms with Crippen LogP contribution in [0.25, 0.3) is 0 Å². The van der Waals surface area contributed by atoms with E-state index < -0.39 is 15.9 Å². The first-order chi connectivity index (χ1) is 15.9. The summed E-state index contributed by atoms with van der Waals surface area (Å²) in [5.74, 6) is 1.20. The molecule has 9 heteroatoms. The molecule has 2 aromatic carbocycles. The van der Waals surface area contributed by atoms with Crippen LogP contribution in [0.2, 0.25) is 0 Å². The van der Waals surface area contributed by atoms with E-state index in [0.29, 0.717) is 30.2 Å². The molecule has 0 aromatic heterocycles. The Morgan fingerprint density at radius 3 is 2.64 bits per heavy atom. The molecule has 1 N–H and O–H groups in total. The van der Waals surface area contributed by atoms with Crippen molar-refractivity contribution >= 4 is 28.0 Å². The Morgan fingerprint density at radius 2 is 1.91 bits per heavy atom. The van der Waals surface area contributed by atoms with Crippen LogP contribution >= 0.6 is 0 Å². The number of carbonyl (C=O) groups is 1. The van der Waals surface area contributed by atoms with Crippen LogP contribution in [0.4, 0.5) is 10.5 Å². The molecule has 8 nitrogen and oxygen atoms in total. The van der Waals surface area contributed by atoms with Gasteiger partial charge in [0.05, 0.1) is 25.4 Å². The van der Waals surface area contributed by atoms with Crippen LogP contribution in [0.3, 0.4) is 0 Å². The maximum atomic E-state index is 13.4. The second kappa shape index (κ2) is 8.55. The van der Waals surface area contributed by atoms with Crippen molar-refractivity contribution in [2.24, 2.45) is 4.99 Å². The average molecular weight is 469 g/mol. The van der Waals surface area contributed by atoms with E-state index in [4.69, 9.17) is 9.73 Å². The fraction of sp³-hybridized carbons (Fsp3) is 0.417. The second-order valence-corrected chi connectivity index (χ2v) is 10.8. The fourth-order valence-electron chi connectivity index (χ4n) is 5.14. The quantitative estimate of drug-likeness (QED) is 0.678. The molecule has 174 valence electrons. The minimum absolute atomic E-state index is 0.145. The van der Waals surface area contributed by atoms with Crippen molar-refractivity contribution in [1.29, 1.82) is 0 Å². The number of anilines is 1. The number of rotatable bonds is 5. The highest BCUT2D eigenvalue weighted by Gasteiger charge is 2.59. The fourth-order valence-corrected chi connectivity index (χ4v) is 6.65. The smallest absolute Gasteiger partial charge is 0.328 e. The van der Waals surface area contributed by atoms with E-state index in [1.165, 1.54) is 4.31 Å². The van der Waals surface area contributed by atoms with Crippen molar-refractivity contribution < 1.29 is 18.3 Å². The largest absolute Gasteiger partial charge is 0.593 e. The molecule has 33 heavy (non-hydrogen) atoms. The Kier molecular flexibility index (Phi) is 5.72. The van der Waals surface area contributed by atoms with Gasteiger partial charge in [0.2, 0.25) is 0 Å². The molecule has 2 heterocycles. The summed E-state index contributed by atoms with van der Waals surface area (Å²) >= 11 is 0. The molecule has 1 saturated carbocycles. The summed E-state index contributed by atoms with van der Waals surface area (Å²) < 4.78 is 33.6. The molecule has 1 spiro atoms. The number of ether oxygens (including phenoxy) is 1. The molecule has 2 unspecified atom stereocenters. The number of nitrogens with zero attached hydrogens (tertiary/aromatic N) is 3. The van der Waals surface area contributed by atoms with Crippen LogP contribution in [0.5, 0.6) is 5.75 Å². The summed E-state index contributed by atoms with van der Waals surface area (Å²) in [5.41, 5.74) is -0.226. The number of urea groups is 1. The molecule has 5 rings (SSSR count). The van der Waals surface area contributed by atoms with E-state index in [-0.39, 0.29) is 23.5 Å². The number of hydrogen-bond acceptors (Lipinski definition) is 5. The lowest BCUT2D eigenvalue weighted by atomic mass is 9.95. The first-order valence-corrected chi connectivity index (χ1v) is 12.8. The molecule has 2 atom stereocenters. The molecule has 3 aliphatic rings. The molecule has 2 amide bonds. The highest BCUT2D eigenvalue weighted by molar-refractivity contribution is 7.95. The second-order valence-electron chi connectivity index (χ2n) is 8.82. The van der Waals surface area contributed by atoms with Crippen molar-refractivity contribution in [3.05, 3.63) is 54.6 Å². The van der Waals surface area contributed by atoms with E-state index in [1.807, 2.05) is 18.2 Å². The van der Waals surface area contributed by atoms with Gasteiger partial charge in [0.25, 0.3) is 0 Å². The molecule has 2 saturated heterocycles. The van der Waals surface area contributed by atoms with Crippen LogP contribution in [0.1, 0.15) is 32.1 Å². The molecule has 0 bridgehead atoms. The third-order valence-electron chi connectivity index (χ3n) is 6.84. The number of carbonyl (C=O) groups excluding carboxylic acids is 1. The third-order valence-corrected chi connectivity index (χ3v) is 8.70. The Bertz CT molecular complexity index is 1120. The van der Waals surface area contributed by atoms with E-state index in [1.54, 1.807) is 48.4 Å². The third kappa shape index (κ3) is 3.84. The van der Waals surface area contributed by atoms with E-state index in [2.05, 4.69) is 5.32 Å². The zero-order chi connectivity index (χ0) is 23.1. The number of sulfonamides is 1. The van der Waals surface area contributed by atoms with Gasteiger partial charge >= 0.3 is 6.03 Å². The van der Waals surface area contributed by atoms with Gasteiger partial charge in [0, 0.05) is 12.6 Å². The SMILES string of the molecule is COc1cccc(N2C(=O)NC(=NC3CCCC3)C23CCN([S+](=O)([O-])c2ccccc2)C3)c1. The Balaban J connectivity index is 1.56. The standard InChI is InChI=1S/C24H28N4O4S/c1-32-20-11-7-10-19(16-20)28-23(29)26-22(25-18-8-5-6-9-18)24(28)14-15-27(17-24)33(30,31)21-12-3-2-4-13-21/h2-4,7,10-13,16,18H,5-6,8-9,14-15,17H2,1H3,(H-,25,26,29,30,31). The summed E-state index contributed by atoms with van der Waals surface area (Å²) in [6.07, 6.45) is 4.68. The Morgan fingerprint density at radius 1 is 1.15 bits per heavy atom. The van der Waals surface area contributed by atoms with Gasteiger partial charge in [-0.25, -0.2) is 4.79 Å². The number of benzene rings is 2. The van der Waals surface area contributed by atoms with Crippen molar-refractivity contribution in [2.75, 3.05) is 25.1 Å². The first kappa shape index (κ1) is 22.1. The van der Waals surface area contributed by atoms with Gasteiger partial charge < -0.3 is 9.29 Å². The normalized spacial score (nSPS) is 26.8. The van der Waals surface area contributed by atoms with Gasteiger partial charge in [0.15, 0.2) is 15.3 Å². The monoisotopic (exact) mass is 468 g/mol. The van der Waals surface area contributed by atoms with E-state index >= 15 is 0 Å². The summed E-state index contributed by atoms with van der Waals surface area (Å²) in [4.78, 5) is 20.2. The van der Waals surface area contributed by atoms with Crippen molar-refractivity contribution in [3.8, 4) is 5.75 Å². The lowest BCUT2D eigenvalue weighted by Crippen LogP contribution is -2.53. The maximum absolute atomic E-state index is 13.4. The van der Waals surface area contributed by atoms with Crippen LogP contribution in [-0.2, 0) is 14.6 Å². The Hall–Kier alpha value is -2.75. The van der Waals surface area contributed by atoms with Crippen LogP contribution in [0.15, 0.2) is 64.5 Å². The minimum Gasteiger partial charge on any atom is -0.593 e. The molecule has 2 aliphatic heterocycles. The van der Waals surface area contributed by atoms with Crippen molar-refractivity contribution in [1.82, 2.24) is 9.62 Å². The zero-order valence-electron chi connectivity index (χ0n) is 18.6. The molecule has 1 aliphatic carbocycles. The van der Waals surface area contributed by atoms with E-state index in [9.17, 15) is 13.6 Å². The van der Waals surface area contributed by atoms with Gasteiger partial charge in [0.1, 0.15) is 17.1 Å². The number of amidine groups is 1. The maximum Gasteiger partial charge on any atom is 0.328 e. The molecule has 3 fully saturated rings. The van der Waals surface area contributed by atoms with Gasteiger partial charge in [-0.15, -0.1) is 4.31 Å². The summed E-state index contributed by atoms with van der Waals surface area (Å²) in [7, 11) is -2.12. The highest BCUT2D eigenvalue weighted by atomic mass is 32.3. The number of nitrogens with one attached hydrogen (secondary N) is 1. The van der Waals surface area contributed by atoms with Crippen molar-refractivity contribution in [2.45, 2.75) is 48.6 Å². The molecule has 2 aromatic rings. The van der Waals surface area contributed by atoms with Crippen LogP contribution in [-0.4, -0.2) is 52.5 Å². The topological polar surface area (TPSA) is 97.3 Å². The number of hydrogen-bond donors (Lipinski definition) is 1. The first-order valence-electron chi connectivity index (χ1n) is 11.3. The molecular weight excluding hydrogens is 440 g/mol. The van der Waals surface area contributed by atoms with Crippen LogP contribution in [0, 0.1) is 0 Å². The van der Waals surface area contributed by atoms with Gasteiger partial charge in [-0.05, 0) is 43.5 Å². The Labute approximate surface area is 195 Å².